The maximum atomic E-state index is 13.8. The summed E-state index contributed by atoms with van der Waals surface area (Å²) in [5, 5.41) is 44.1. The number of carboxylic acids is 1. The minimum Gasteiger partial charge on any atom is -0.480 e. The number of nitrogens with one attached hydrogen (secondary N) is 6. The first-order chi connectivity index (χ1) is 33.0. The minimum absolute atomic E-state index is 0.0327. The monoisotopic (exact) mass is 999 g/mol. The standard InChI is InChI=1S/C51H94N6O11S/c1-7-9-11-13-15-17-19-20-22-24-26-28-30-32-45(62)69-36-42(54-44(61)34-52-43(60)31-29-27-25-23-21-18-16-14-12-10-8-2)49(65)57-46(39(6)59)50(66)55-40(33-37(3)4)47(63)56-41(35-58)48(64)53-38(5)51(67)68/h37-42,46,58-59H,7-36H2,1-6H3,(H,52,60)(H,53,64)(H,54,61)(H,55,66)(H,56,63)(H,57,65)(H,67,68)/t38-,39+,40-,41-,42-,46-/m0/s1. The first-order valence-electron chi connectivity index (χ1n) is 26.4. The summed E-state index contributed by atoms with van der Waals surface area (Å²) in [7, 11) is 0. The average Bonchev–Trinajstić information content (AvgIpc) is 3.30. The first-order valence-corrected chi connectivity index (χ1v) is 27.4. The molecule has 6 atom stereocenters. The van der Waals surface area contributed by atoms with Crippen molar-refractivity contribution in [2.45, 2.75) is 251 Å². The molecule has 0 aliphatic rings. The van der Waals surface area contributed by atoms with E-state index in [1.807, 2.05) is 0 Å². The van der Waals surface area contributed by atoms with Crippen LogP contribution in [0, 0.1) is 5.92 Å². The summed E-state index contributed by atoms with van der Waals surface area (Å²) in [4.78, 5) is 103. The van der Waals surface area contributed by atoms with Gasteiger partial charge in [-0.15, -0.1) is 0 Å². The van der Waals surface area contributed by atoms with Gasteiger partial charge in [0, 0.05) is 18.6 Å². The van der Waals surface area contributed by atoms with Crippen LogP contribution < -0.4 is 31.9 Å². The second-order valence-electron chi connectivity index (χ2n) is 19.1. The highest BCUT2D eigenvalue weighted by Gasteiger charge is 2.34. The number of aliphatic hydroxyl groups excluding tert-OH is 2. The third-order valence-electron chi connectivity index (χ3n) is 11.9. The molecule has 0 aromatic carbocycles. The average molecular weight is 999 g/mol. The van der Waals surface area contributed by atoms with Gasteiger partial charge in [-0.1, -0.05) is 181 Å². The predicted molar refractivity (Wildman–Crippen MR) is 273 cm³/mol. The second kappa shape index (κ2) is 42.0. The van der Waals surface area contributed by atoms with Gasteiger partial charge in [0.2, 0.25) is 35.4 Å². The van der Waals surface area contributed by atoms with Crippen molar-refractivity contribution in [3.8, 4) is 0 Å². The van der Waals surface area contributed by atoms with Crippen LogP contribution in [0.1, 0.15) is 215 Å². The number of aliphatic carboxylic acids is 1. The van der Waals surface area contributed by atoms with E-state index in [0.717, 1.165) is 50.3 Å². The fraction of sp³-hybridized carbons (Fsp3) is 0.843. The van der Waals surface area contributed by atoms with Crippen LogP contribution in [0.15, 0.2) is 0 Å². The summed E-state index contributed by atoms with van der Waals surface area (Å²) >= 11 is 0.865. The number of thioether (sulfide) groups is 1. The lowest BCUT2D eigenvalue weighted by Gasteiger charge is -2.28. The third-order valence-corrected chi connectivity index (χ3v) is 13.0. The quantitative estimate of drug-likeness (QED) is 0.0297. The Morgan fingerprint density at radius 2 is 0.899 bits per heavy atom. The van der Waals surface area contributed by atoms with Crippen molar-refractivity contribution < 1.29 is 53.7 Å². The number of carboxylic acid groups (broad SMARTS) is 1. The number of unbranched alkanes of at least 4 members (excludes halogenated alkanes) is 22. The van der Waals surface area contributed by atoms with E-state index >= 15 is 0 Å². The van der Waals surface area contributed by atoms with Crippen molar-refractivity contribution in [3.05, 3.63) is 0 Å². The number of aliphatic hydroxyl groups is 2. The Morgan fingerprint density at radius 3 is 1.33 bits per heavy atom. The van der Waals surface area contributed by atoms with E-state index in [-0.39, 0.29) is 42.0 Å². The number of hydrogen-bond donors (Lipinski definition) is 9. The Kier molecular flexibility index (Phi) is 39.7. The molecular weight excluding hydrogens is 905 g/mol. The summed E-state index contributed by atoms with van der Waals surface area (Å²) in [6, 6.07) is -7.20. The number of hydrogen-bond acceptors (Lipinski definition) is 11. The van der Waals surface area contributed by atoms with Gasteiger partial charge in [-0.05, 0) is 39.0 Å². The first kappa shape index (κ1) is 65.2. The highest BCUT2D eigenvalue weighted by Crippen LogP contribution is 2.17. The number of amides is 6. The molecule has 0 fully saturated rings. The van der Waals surface area contributed by atoms with Gasteiger partial charge in [-0.2, -0.15) is 0 Å². The van der Waals surface area contributed by atoms with Gasteiger partial charge in [0.15, 0.2) is 5.12 Å². The summed E-state index contributed by atoms with van der Waals surface area (Å²) in [6.45, 7) is 9.09. The zero-order chi connectivity index (χ0) is 51.8. The van der Waals surface area contributed by atoms with Gasteiger partial charge < -0.3 is 47.2 Å². The van der Waals surface area contributed by atoms with E-state index in [0.29, 0.717) is 12.8 Å². The van der Waals surface area contributed by atoms with E-state index in [1.54, 1.807) is 13.8 Å². The van der Waals surface area contributed by atoms with E-state index < -0.39 is 85.0 Å². The van der Waals surface area contributed by atoms with E-state index in [1.165, 1.54) is 117 Å². The molecule has 0 saturated heterocycles. The summed E-state index contributed by atoms with van der Waals surface area (Å²) in [5.41, 5.74) is 0. The Labute approximate surface area is 418 Å². The summed E-state index contributed by atoms with van der Waals surface area (Å²) in [6.07, 6.45) is 26.6. The van der Waals surface area contributed by atoms with Gasteiger partial charge in [0.05, 0.1) is 19.3 Å². The lowest BCUT2D eigenvalue weighted by molar-refractivity contribution is -0.142. The SMILES string of the molecule is CCCCCCCCCCCCCCCC(=O)SC[C@H](NC(=O)CNC(=O)CCCCCCCCCCCCC)C(=O)N[C@H](C(=O)N[C@@H](CC(C)C)C(=O)N[C@@H](CO)C(=O)N[C@@H](C)C(=O)O)[C@@H](C)O. The zero-order valence-corrected chi connectivity index (χ0v) is 44.1. The number of carbonyl (C=O) groups excluding carboxylic acids is 7. The fourth-order valence-corrected chi connectivity index (χ4v) is 8.52. The Balaban J connectivity index is 5.58. The molecule has 0 unspecified atom stereocenters. The molecule has 0 saturated carbocycles. The molecule has 0 aliphatic carbocycles. The lowest BCUT2D eigenvalue weighted by atomic mass is 10.0. The molecule has 0 aliphatic heterocycles. The van der Waals surface area contributed by atoms with Crippen molar-refractivity contribution in [2.75, 3.05) is 18.9 Å². The van der Waals surface area contributed by atoms with E-state index in [9.17, 15) is 48.6 Å². The predicted octanol–water partition coefficient (Wildman–Crippen LogP) is 6.49. The molecule has 0 radical (unpaired) electrons. The molecule has 0 aromatic heterocycles. The maximum Gasteiger partial charge on any atom is 0.325 e. The van der Waals surface area contributed by atoms with Crippen LogP contribution >= 0.6 is 11.8 Å². The molecule has 0 bridgehead atoms. The summed E-state index contributed by atoms with van der Waals surface area (Å²) in [5.74, 6) is -6.46. The summed E-state index contributed by atoms with van der Waals surface area (Å²) < 4.78 is 0. The van der Waals surface area contributed by atoms with Crippen molar-refractivity contribution in [2.24, 2.45) is 5.92 Å². The van der Waals surface area contributed by atoms with Gasteiger partial charge in [0.25, 0.3) is 0 Å². The highest BCUT2D eigenvalue weighted by atomic mass is 32.2. The maximum absolute atomic E-state index is 13.8. The topological polar surface area (TPSA) is 269 Å². The van der Waals surface area contributed by atoms with Crippen molar-refractivity contribution in [1.82, 2.24) is 31.9 Å². The molecule has 0 spiro atoms. The molecule has 69 heavy (non-hydrogen) atoms. The molecule has 0 aromatic rings. The molecule has 18 heteroatoms. The van der Waals surface area contributed by atoms with E-state index in [4.69, 9.17) is 5.11 Å². The van der Waals surface area contributed by atoms with Crippen LogP contribution in [0.4, 0.5) is 0 Å². The van der Waals surface area contributed by atoms with Crippen LogP contribution in [-0.2, 0) is 38.4 Å². The van der Waals surface area contributed by atoms with Crippen LogP contribution in [0.5, 0.6) is 0 Å². The van der Waals surface area contributed by atoms with Crippen molar-refractivity contribution in [3.63, 3.8) is 0 Å². The van der Waals surface area contributed by atoms with Crippen LogP contribution in [0.3, 0.4) is 0 Å². The molecular formula is C51H94N6O11S. The second-order valence-corrected chi connectivity index (χ2v) is 20.2. The van der Waals surface area contributed by atoms with Gasteiger partial charge in [-0.3, -0.25) is 38.4 Å². The molecule has 0 heterocycles. The largest absolute Gasteiger partial charge is 0.480 e. The molecule has 17 nitrogen and oxygen atoms in total. The lowest BCUT2D eigenvalue weighted by Crippen LogP contribution is -2.61. The van der Waals surface area contributed by atoms with Gasteiger partial charge in [0.1, 0.15) is 30.2 Å². The molecule has 6 amide bonds. The molecule has 9 N–H and O–H groups in total. The van der Waals surface area contributed by atoms with Crippen LogP contribution in [-0.4, -0.2) is 117 Å². The Morgan fingerprint density at radius 1 is 0.478 bits per heavy atom. The Bertz CT molecular complexity index is 1470. The molecule has 0 rings (SSSR count). The highest BCUT2D eigenvalue weighted by molar-refractivity contribution is 8.13. The van der Waals surface area contributed by atoms with Gasteiger partial charge in [-0.25, -0.2) is 0 Å². The normalized spacial score (nSPS) is 13.9. The minimum atomic E-state index is -1.65. The van der Waals surface area contributed by atoms with Crippen LogP contribution in [0.25, 0.3) is 0 Å². The fourth-order valence-electron chi connectivity index (χ4n) is 7.65. The van der Waals surface area contributed by atoms with Crippen molar-refractivity contribution >= 4 is 58.3 Å². The third kappa shape index (κ3) is 35.1. The van der Waals surface area contributed by atoms with Crippen molar-refractivity contribution in [1.29, 1.82) is 0 Å². The van der Waals surface area contributed by atoms with E-state index in [2.05, 4.69) is 45.7 Å². The molecule has 400 valence electrons. The number of rotatable bonds is 44. The number of carbonyl (C=O) groups is 8. The van der Waals surface area contributed by atoms with Crippen LogP contribution in [0.2, 0.25) is 0 Å². The zero-order valence-electron chi connectivity index (χ0n) is 43.3. The Hall–Kier alpha value is -3.77. The smallest absolute Gasteiger partial charge is 0.325 e. The van der Waals surface area contributed by atoms with Gasteiger partial charge >= 0.3 is 5.97 Å².